The molecule has 1 N–H and O–H groups in total. The van der Waals surface area contributed by atoms with Gasteiger partial charge in [0.05, 0.1) is 18.7 Å². The molecule has 198 valence electrons. The van der Waals surface area contributed by atoms with Crippen molar-refractivity contribution < 1.29 is 19.5 Å². The number of amides is 2. The van der Waals surface area contributed by atoms with E-state index in [2.05, 4.69) is 9.97 Å². The minimum atomic E-state index is -0.991. The Bertz CT molecular complexity index is 1470. The molecule has 0 bridgehead atoms. The summed E-state index contributed by atoms with van der Waals surface area (Å²) < 4.78 is 0. The monoisotopic (exact) mass is 522 g/mol. The molecule has 4 aromatic rings. The molecule has 0 aliphatic rings. The maximum Gasteiger partial charge on any atom is 0.305 e. The van der Waals surface area contributed by atoms with Crippen molar-refractivity contribution in [3.8, 4) is 11.1 Å². The van der Waals surface area contributed by atoms with Crippen LogP contribution in [0.25, 0.3) is 11.1 Å². The van der Waals surface area contributed by atoms with Gasteiger partial charge in [0.15, 0.2) is 0 Å². The van der Waals surface area contributed by atoms with Gasteiger partial charge >= 0.3 is 5.97 Å². The van der Waals surface area contributed by atoms with Crippen molar-refractivity contribution in [1.82, 2.24) is 19.8 Å². The summed E-state index contributed by atoms with van der Waals surface area (Å²) in [5.41, 5.74) is 4.50. The Morgan fingerprint density at radius 3 is 2.08 bits per heavy atom. The van der Waals surface area contributed by atoms with Crippen molar-refractivity contribution in [3.05, 3.63) is 119 Å². The minimum absolute atomic E-state index is 0.0319. The number of aromatic nitrogens is 2. The van der Waals surface area contributed by atoms with Crippen molar-refractivity contribution in [3.63, 3.8) is 0 Å². The average molecular weight is 523 g/mol. The normalized spacial score (nSPS) is 10.6. The minimum Gasteiger partial charge on any atom is -0.481 e. The van der Waals surface area contributed by atoms with Gasteiger partial charge in [-0.05, 0) is 53.9 Å². The number of benzene rings is 2. The molecular weight excluding hydrogens is 492 g/mol. The van der Waals surface area contributed by atoms with Crippen LogP contribution in [0.3, 0.4) is 0 Å². The van der Waals surface area contributed by atoms with Gasteiger partial charge in [0.2, 0.25) is 0 Å². The Hall–Kier alpha value is -4.85. The molecule has 4 rings (SSSR count). The molecular formula is C31H30N4O4. The molecule has 2 aromatic carbocycles. The molecule has 8 heteroatoms. The number of carboxylic acids is 1. The van der Waals surface area contributed by atoms with Crippen LogP contribution in [-0.4, -0.2) is 56.3 Å². The second-order valence-corrected chi connectivity index (χ2v) is 9.25. The van der Waals surface area contributed by atoms with Crippen LogP contribution < -0.4 is 0 Å². The molecule has 0 radical (unpaired) electrons. The number of hydrogen-bond donors (Lipinski definition) is 1. The summed E-state index contributed by atoms with van der Waals surface area (Å²) in [5, 5.41) is 9.29. The summed E-state index contributed by atoms with van der Waals surface area (Å²) in [5.74, 6) is -1.51. The standard InChI is InChI=1S/C31H30N4O4/c1-22-9-7-11-24(33-22)21-34(2)30(38)27-14-5-3-12-25(27)26-13-4-6-15-28(26)31(39)35(18-16-29(36)37)20-23-10-8-17-32-19-23/h3-15,17,19H,16,18,20-21H2,1-2H3,(H,36,37). The molecule has 0 aliphatic heterocycles. The first-order valence-electron chi connectivity index (χ1n) is 12.6. The fourth-order valence-electron chi connectivity index (χ4n) is 4.38. The molecule has 0 aliphatic carbocycles. The largest absolute Gasteiger partial charge is 0.481 e. The molecule has 8 nitrogen and oxygen atoms in total. The molecule has 0 saturated heterocycles. The van der Waals surface area contributed by atoms with Crippen LogP contribution in [-0.2, 0) is 17.9 Å². The first-order chi connectivity index (χ1) is 18.8. The van der Waals surface area contributed by atoms with E-state index in [1.807, 2.05) is 49.4 Å². The fourth-order valence-corrected chi connectivity index (χ4v) is 4.38. The highest BCUT2D eigenvalue weighted by Gasteiger charge is 2.24. The number of aryl methyl sites for hydroxylation is 1. The van der Waals surface area contributed by atoms with Crippen LogP contribution in [0.15, 0.2) is 91.3 Å². The summed E-state index contributed by atoms with van der Waals surface area (Å²) in [4.78, 5) is 50.5. The van der Waals surface area contributed by atoms with Gasteiger partial charge in [-0.3, -0.25) is 24.4 Å². The van der Waals surface area contributed by atoms with Crippen molar-refractivity contribution >= 4 is 17.8 Å². The van der Waals surface area contributed by atoms with E-state index in [0.29, 0.717) is 28.8 Å². The van der Waals surface area contributed by atoms with Crippen LogP contribution >= 0.6 is 0 Å². The SMILES string of the molecule is Cc1cccc(CN(C)C(=O)c2ccccc2-c2ccccc2C(=O)N(CCC(=O)O)Cc2cccnc2)n1. The van der Waals surface area contributed by atoms with Gasteiger partial charge < -0.3 is 14.9 Å². The van der Waals surface area contributed by atoms with E-state index in [0.717, 1.165) is 17.0 Å². The molecule has 0 fully saturated rings. The van der Waals surface area contributed by atoms with Crippen molar-refractivity contribution in [1.29, 1.82) is 0 Å². The van der Waals surface area contributed by atoms with Crippen LogP contribution in [0.2, 0.25) is 0 Å². The number of rotatable bonds is 10. The number of nitrogens with zero attached hydrogens (tertiary/aromatic N) is 4. The number of pyridine rings is 2. The Morgan fingerprint density at radius 2 is 1.46 bits per heavy atom. The second kappa shape index (κ2) is 12.6. The zero-order chi connectivity index (χ0) is 27.8. The molecule has 0 unspecified atom stereocenters. The van der Waals surface area contributed by atoms with Gasteiger partial charge in [-0.1, -0.05) is 48.5 Å². The van der Waals surface area contributed by atoms with Gasteiger partial charge in [-0.15, -0.1) is 0 Å². The molecule has 39 heavy (non-hydrogen) atoms. The third kappa shape index (κ3) is 6.93. The Labute approximate surface area is 227 Å². The summed E-state index contributed by atoms with van der Waals surface area (Å²) in [7, 11) is 1.72. The smallest absolute Gasteiger partial charge is 0.305 e. The first kappa shape index (κ1) is 27.2. The number of carboxylic acid groups (broad SMARTS) is 1. The van der Waals surface area contributed by atoms with E-state index in [4.69, 9.17) is 0 Å². The van der Waals surface area contributed by atoms with Gasteiger partial charge in [0.1, 0.15) is 0 Å². The van der Waals surface area contributed by atoms with Gasteiger partial charge in [-0.2, -0.15) is 0 Å². The zero-order valence-corrected chi connectivity index (χ0v) is 21.9. The average Bonchev–Trinajstić information content (AvgIpc) is 2.95. The predicted molar refractivity (Wildman–Crippen MR) is 148 cm³/mol. The van der Waals surface area contributed by atoms with Crippen molar-refractivity contribution in [2.24, 2.45) is 0 Å². The summed E-state index contributed by atoms with van der Waals surface area (Å²) in [6.07, 6.45) is 3.10. The maximum atomic E-state index is 13.9. The van der Waals surface area contributed by atoms with Gasteiger partial charge in [0.25, 0.3) is 11.8 Å². The van der Waals surface area contributed by atoms with Crippen LogP contribution in [0.5, 0.6) is 0 Å². The second-order valence-electron chi connectivity index (χ2n) is 9.25. The summed E-state index contributed by atoms with van der Waals surface area (Å²) in [6, 6.07) is 23.6. The number of carbonyl (C=O) groups is 3. The van der Waals surface area contributed by atoms with E-state index in [-0.39, 0.29) is 31.3 Å². The quantitative estimate of drug-likeness (QED) is 0.320. The number of hydrogen-bond acceptors (Lipinski definition) is 5. The first-order valence-corrected chi connectivity index (χ1v) is 12.6. The van der Waals surface area contributed by atoms with Gasteiger partial charge in [0, 0.05) is 49.4 Å². The van der Waals surface area contributed by atoms with E-state index in [9.17, 15) is 19.5 Å². The third-order valence-corrected chi connectivity index (χ3v) is 6.28. The predicted octanol–water partition coefficient (Wildman–Crippen LogP) is 4.84. The Balaban J connectivity index is 1.67. The number of aliphatic carboxylic acids is 1. The lowest BCUT2D eigenvalue weighted by molar-refractivity contribution is -0.137. The summed E-state index contributed by atoms with van der Waals surface area (Å²) >= 11 is 0. The lowest BCUT2D eigenvalue weighted by atomic mass is 9.94. The molecule has 2 aromatic heterocycles. The van der Waals surface area contributed by atoms with E-state index in [1.54, 1.807) is 60.7 Å². The van der Waals surface area contributed by atoms with E-state index < -0.39 is 5.97 Å². The molecule has 0 atom stereocenters. The van der Waals surface area contributed by atoms with E-state index >= 15 is 0 Å². The van der Waals surface area contributed by atoms with E-state index in [1.165, 1.54) is 4.90 Å². The van der Waals surface area contributed by atoms with Crippen LogP contribution in [0.4, 0.5) is 0 Å². The van der Waals surface area contributed by atoms with Crippen LogP contribution in [0, 0.1) is 6.92 Å². The maximum absolute atomic E-state index is 13.9. The highest BCUT2D eigenvalue weighted by Crippen LogP contribution is 2.29. The Kier molecular flexibility index (Phi) is 8.78. The Morgan fingerprint density at radius 1 is 0.795 bits per heavy atom. The van der Waals surface area contributed by atoms with Crippen molar-refractivity contribution in [2.75, 3.05) is 13.6 Å². The fraction of sp³-hybridized carbons (Fsp3) is 0.194. The van der Waals surface area contributed by atoms with Crippen molar-refractivity contribution in [2.45, 2.75) is 26.4 Å². The highest BCUT2D eigenvalue weighted by atomic mass is 16.4. The molecule has 0 spiro atoms. The lowest BCUT2D eigenvalue weighted by Crippen LogP contribution is -2.33. The molecule has 2 heterocycles. The third-order valence-electron chi connectivity index (χ3n) is 6.28. The summed E-state index contributed by atoms with van der Waals surface area (Å²) in [6.45, 7) is 2.48. The van der Waals surface area contributed by atoms with Gasteiger partial charge in [-0.25, -0.2) is 0 Å². The van der Waals surface area contributed by atoms with Crippen LogP contribution in [0.1, 0.15) is 44.1 Å². The topological polar surface area (TPSA) is 104 Å². The highest BCUT2D eigenvalue weighted by molar-refractivity contribution is 6.06. The molecule has 0 saturated carbocycles. The zero-order valence-electron chi connectivity index (χ0n) is 21.9. The molecule has 2 amide bonds. The number of carbonyl (C=O) groups excluding carboxylic acids is 2. The lowest BCUT2D eigenvalue weighted by Gasteiger charge is -2.24.